The predicted octanol–water partition coefficient (Wildman–Crippen LogP) is 7.26. The van der Waals surface area contributed by atoms with Crippen molar-refractivity contribution in [2.75, 3.05) is 6.54 Å². The first-order valence-corrected chi connectivity index (χ1v) is 17.4. The van der Waals surface area contributed by atoms with Gasteiger partial charge in [0.05, 0.1) is 0 Å². The SMILES string of the molecule is CCCCC(=O)N(Cc1ccc(-c2ccccc2-c2nn[nH]n2)cc1)C(CCCCNC(=O)OCc1ccccc1)C(=O)OCc1ccccc1. The lowest BCUT2D eigenvalue weighted by molar-refractivity contribution is -0.157. The molecule has 0 bridgehead atoms. The lowest BCUT2D eigenvalue weighted by Crippen LogP contribution is -2.45. The van der Waals surface area contributed by atoms with E-state index < -0.39 is 18.1 Å². The number of benzene rings is 4. The number of esters is 1. The molecular weight excluding hydrogens is 644 g/mol. The second-order valence-corrected chi connectivity index (χ2v) is 12.2. The number of alkyl carbamates (subject to hydrolysis) is 1. The largest absolute Gasteiger partial charge is 0.459 e. The normalized spacial score (nSPS) is 11.4. The third kappa shape index (κ3) is 11.1. The Bertz CT molecular complexity index is 1800. The zero-order chi connectivity index (χ0) is 35.7. The minimum atomic E-state index is -0.804. The number of carbonyl (C=O) groups is 3. The van der Waals surface area contributed by atoms with Crippen LogP contribution < -0.4 is 5.32 Å². The van der Waals surface area contributed by atoms with Gasteiger partial charge in [-0.25, -0.2) is 9.59 Å². The Morgan fingerprint density at radius 1 is 0.745 bits per heavy atom. The summed E-state index contributed by atoms with van der Waals surface area (Å²) in [6.45, 7) is 2.94. The van der Waals surface area contributed by atoms with E-state index in [9.17, 15) is 14.4 Å². The molecule has 0 radical (unpaired) electrons. The van der Waals surface area contributed by atoms with Crippen LogP contribution in [-0.2, 0) is 38.8 Å². The average molecular weight is 689 g/mol. The molecule has 1 aromatic heterocycles. The van der Waals surface area contributed by atoms with Crippen LogP contribution >= 0.6 is 0 Å². The highest BCUT2D eigenvalue weighted by Gasteiger charge is 2.31. The maximum absolute atomic E-state index is 13.8. The number of hydrogen-bond acceptors (Lipinski definition) is 8. The van der Waals surface area contributed by atoms with E-state index in [-0.39, 0.29) is 25.7 Å². The van der Waals surface area contributed by atoms with Crippen molar-refractivity contribution >= 4 is 18.0 Å². The van der Waals surface area contributed by atoms with Gasteiger partial charge in [0, 0.05) is 25.1 Å². The van der Waals surface area contributed by atoms with Crippen LogP contribution in [0.5, 0.6) is 0 Å². The minimum Gasteiger partial charge on any atom is -0.459 e. The lowest BCUT2D eigenvalue weighted by Gasteiger charge is -2.31. The van der Waals surface area contributed by atoms with Crippen LogP contribution in [0.4, 0.5) is 4.79 Å². The Hall–Kier alpha value is -5.84. The first-order valence-electron chi connectivity index (χ1n) is 17.4. The van der Waals surface area contributed by atoms with Gasteiger partial charge in [0.25, 0.3) is 0 Å². The molecule has 2 amide bonds. The molecule has 1 atom stereocenters. The molecule has 11 heteroatoms. The van der Waals surface area contributed by atoms with Crippen LogP contribution in [0.15, 0.2) is 109 Å². The van der Waals surface area contributed by atoms with Gasteiger partial charge in [0.15, 0.2) is 0 Å². The van der Waals surface area contributed by atoms with Gasteiger partial charge >= 0.3 is 12.1 Å². The number of nitrogens with one attached hydrogen (secondary N) is 2. The number of ether oxygens (including phenoxy) is 2. The molecule has 1 heterocycles. The summed E-state index contributed by atoms with van der Waals surface area (Å²) in [5.41, 5.74) is 5.39. The maximum atomic E-state index is 13.8. The van der Waals surface area contributed by atoms with Crippen molar-refractivity contribution in [3.05, 3.63) is 126 Å². The Kier molecular flexibility index (Phi) is 13.8. The molecule has 2 N–H and O–H groups in total. The summed E-state index contributed by atoms with van der Waals surface area (Å²) in [6, 6.07) is 33.9. The van der Waals surface area contributed by atoms with Crippen molar-refractivity contribution < 1.29 is 23.9 Å². The van der Waals surface area contributed by atoms with E-state index in [2.05, 4.69) is 25.9 Å². The summed E-state index contributed by atoms with van der Waals surface area (Å²) in [7, 11) is 0. The third-order valence-corrected chi connectivity index (χ3v) is 8.45. The van der Waals surface area contributed by atoms with E-state index in [4.69, 9.17) is 9.47 Å². The summed E-state index contributed by atoms with van der Waals surface area (Å²) in [5, 5.41) is 17.3. The number of rotatable bonds is 18. The van der Waals surface area contributed by atoms with Crippen LogP contribution in [0, 0.1) is 0 Å². The zero-order valence-corrected chi connectivity index (χ0v) is 28.9. The molecule has 0 fully saturated rings. The van der Waals surface area contributed by atoms with Crippen LogP contribution in [0.25, 0.3) is 22.5 Å². The van der Waals surface area contributed by atoms with Crippen molar-refractivity contribution in [2.45, 2.75) is 71.2 Å². The number of nitrogens with zero attached hydrogens (tertiary/aromatic N) is 4. The molecular formula is C40H44N6O5. The summed E-state index contributed by atoms with van der Waals surface area (Å²) in [4.78, 5) is 41.5. The van der Waals surface area contributed by atoms with Crippen LogP contribution in [0.3, 0.4) is 0 Å². The molecule has 0 aliphatic rings. The minimum absolute atomic E-state index is 0.104. The van der Waals surface area contributed by atoms with Crippen LogP contribution in [-0.4, -0.2) is 56.1 Å². The third-order valence-electron chi connectivity index (χ3n) is 8.45. The molecule has 0 saturated heterocycles. The topological polar surface area (TPSA) is 139 Å². The van der Waals surface area contributed by atoms with Gasteiger partial charge in [-0.1, -0.05) is 123 Å². The quantitative estimate of drug-likeness (QED) is 0.0725. The Morgan fingerprint density at radius 3 is 2.04 bits per heavy atom. The van der Waals surface area contributed by atoms with Gasteiger partial charge in [-0.15, -0.1) is 10.2 Å². The van der Waals surface area contributed by atoms with Gasteiger partial charge in [0.1, 0.15) is 19.3 Å². The summed E-state index contributed by atoms with van der Waals surface area (Å²) >= 11 is 0. The molecule has 5 aromatic rings. The smallest absolute Gasteiger partial charge is 0.407 e. The number of tetrazole rings is 1. The molecule has 0 aliphatic carbocycles. The molecule has 0 saturated carbocycles. The van der Waals surface area contributed by atoms with E-state index in [1.807, 2.05) is 116 Å². The molecule has 4 aromatic carbocycles. The van der Waals surface area contributed by atoms with Gasteiger partial charge in [-0.3, -0.25) is 4.79 Å². The number of amides is 2. The van der Waals surface area contributed by atoms with Gasteiger partial charge in [-0.2, -0.15) is 5.21 Å². The summed E-state index contributed by atoms with van der Waals surface area (Å²) < 4.78 is 11.1. The van der Waals surface area contributed by atoms with E-state index in [0.29, 0.717) is 44.5 Å². The fourth-order valence-electron chi connectivity index (χ4n) is 5.69. The first-order chi connectivity index (χ1) is 25.0. The molecule has 11 nitrogen and oxygen atoms in total. The monoisotopic (exact) mass is 688 g/mol. The molecule has 0 aliphatic heterocycles. The van der Waals surface area contributed by atoms with E-state index >= 15 is 0 Å². The second-order valence-electron chi connectivity index (χ2n) is 12.2. The van der Waals surface area contributed by atoms with Crippen LogP contribution in [0.2, 0.25) is 0 Å². The van der Waals surface area contributed by atoms with Crippen molar-refractivity contribution in [2.24, 2.45) is 0 Å². The first kappa shape index (κ1) is 36.4. The summed E-state index contributed by atoms with van der Waals surface area (Å²) in [5.74, 6) is -0.0595. The summed E-state index contributed by atoms with van der Waals surface area (Å²) in [6.07, 6.45) is 2.93. The number of H-pyrrole nitrogens is 1. The maximum Gasteiger partial charge on any atom is 0.407 e. The molecule has 1 unspecified atom stereocenters. The highest BCUT2D eigenvalue weighted by Crippen LogP contribution is 2.30. The fourth-order valence-corrected chi connectivity index (χ4v) is 5.69. The zero-order valence-electron chi connectivity index (χ0n) is 28.9. The van der Waals surface area contributed by atoms with Gasteiger partial charge < -0.3 is 19.7 Å². The van der Waals surface area contributed by atoms with Crippen molar-refractivity contribution in [1.82, 2.24) is 30.8 Å². The Morgan fingerprint density at radius 2 is 1.39 bits per heavy atom. The number of unbranched alkanes of at least 4 members (excludes halogenated alkanes) is 2. The highest BCUT2D eigenvalue weighted by atomic mass is 16.5. The Balaban J connectivity index is 1.28. The van der Waals surface area contributed by atoms with Crippen LogP contribution in [0.1, 0.15) is 62.1 Å². The van der Waals surface area contributed by atoms with E-state index in [1.165, 1.54) is 0 Å². The fraction of sp³-hybridized carbons (Fsp3) is 0.300. The molecule has 0 spiro atoms. The van der Waals surface area contributed by atoms with Gasteiger partial charge in [0.2, 0.25) is 11.7 Å². The molecule has 51 heavy (non-hydrogen) atoms. The standard InChI is InChI=1S/C40H44N6O5/c1-2-3-21-37(47)46(27-30-22-24-33(25-23-30)34-18-10-11-19-35(34)38-42-44-45-43-38)36(39(48)50-28-31-14-6-4-7-15-31)20-12-13-26-41-40(49)51-29-32-16-8-5-9-17-32/h4-11,14-19,22-25,36H,2-3,12-13,20-21,26-29H2,1H3,(H,41,49)(H,42,43,44,45). The van der Waals surface area contributed by atoms with E-state index in [0.717, 1.165) is 39.8 Å². The number of carbonyl (C=O) groups excluding carboxylic acids is 3. The number of aromatic amines is 1. The van der Waals surface area contributed by atoms with Crippen molar-refractivity contribution in [3.63, 3.8) is 0 Å². The highest BCUT2D eigenvalue weighted by molar-refractivity contribution is 5.85. The number of aromatic nitrogens is 4. The lowest BCUT2D eigenvalue weighted by atomic mass is 9.98. The second kappa shape index (κ2) is 19.4. The van der Waals surface area contributed by atoms with Crippen molar-refractivity contribution in [3.8, 4) is 22.5 Å². The molecule has 264 valence electrons. The van der Waals surface area contributed by atoms with E-state index in [1.54, 1.807) is 4.90 Å². The predicted molar refractivity (Wildman–Crippen MR) is 194 cm³/mol. The molecule has 5 rings (SSSR count). The Labute approximate surface area is 298 Å². The number of hydrogen-bond donors (Lipinski definition) is 2. The van der Waals surface area contributed by atoms with Gasteiger partial charge in [-0.05, 0) is 58.7 Å². The van der Waals surface area contributed by atoms with Crippen molar-refractivity contribution in [1.29, 1.82) is 0 Å². The average Bonchev–Trinajstić information content (AvgIpc) is 3.72.